The number of benzene rings is 4. The van der Waals surface area contributed by atoms with Gasteiger partial charge in [-0.3, -0.25) is 13.9 Å². The van der Waals surface area contributed by atoms with Crippen LogP contribution in [0.1, 0.15) is 11.1 Å². The number of rotatable bonds is 13. The van der Waals surface area contributed by atoms with Crippen molar-refractivity contribution in [2.75, 3.05) is 32.1 Å². The highest BCUT2D eigenvalue weighted by Gasteiger charge is 2.36. The Labute approximate surface area is 273 Å². The lowest BCUT2D eigenvalue weighted by Gasteiger charge is -2.34. The number of hydrogen-bond donors (Lipinski definition) is 1. The summed E-state index contributed by atoms with van der Waals surface area (Å²) in [5.41, 5.74) is 1.27. The third-order valence-corrected chi connectivity index (χ3v) is 9.65. The van der Waals surface area contributed by atoms with Crippen LogP contribution in [0.4, 0.5) is 5.69 Å². The molecule has 0 saturated heterocycles. The van der Waals surface area contributed by atoms with Crippen molar-refractivity contribution >= 4 is 50.7 Å². The van der Waals surface area contributed by atoms with Gasteiger partial charge in [0.05, 0.1) is 24.8 Å². The molecule has 12 heteroatoms. The molecule has 0 saturated carbocycles. The van der Waals surface area contributed by atoms with Crippen molar-refractivity contribution in [1.29, 1.82) is 0 Å². The summed E-state index contributed by atoms with van der Waals surface area (Å²) in [4.78, 5) is 29.2. The monoisotopic (exact) mass is 669 g/mol. The molecule has 1 N–H and O–H groups in total. The van der Waals surface area contributed by atoms with E-state index in [4.69, 9.17) is 32.7 Å². The van der Waals surface area contributed by atoms with Crippen molar-refractivity contribution < 1.29 is 27.5 Å². The number of carbonyl (C=O) groups excluding carboxylic acids is 2. The molecule has 0 aromatic heterocycles. The number of amides is 2. The summed E-state index contributed by atoms with van der Waals surface area (Å²) in [6.45, 7) is -0.859. The van der Waals surface area contributed by atoms with Gasteiger partial charge in [0.25, 0.3) is 10.0 Å². The number of sulfonamides is 1. The first kappa shape index (κ1) is 33.6. The maximum absolute atomic E-state index is 14.5. The topological polar surface area (TPSA) is 105 Å². The van der Waals surface area contributed by atoms with Gasteiger partial charge < -0.3 is 19.7 Å². The molecule has 2 amide bonds. The molecule has 0 aliphatic carbocycles. The van der Waals surface area contributed by atoms with E-state index in [9.17, 15) is 18.0 Å². The number of nitrogens with zero attached hydrogens (tertiary/aromatic N) is 2. The predicted octanol–water partition coefficient (Wildman–Crippen LogP) is 5.59. The highest BCUT2D eigenvalue weighted by atomic mass is 35.5. The van der Waals surface area contributed by atoms with Gasteiger partial charge in [-0.15, -0.1) is 0 Å². The summed E-state index contributed by atoms with van der Waals surface area (Å²) in [7, 11) is -0.0310. The summed E-state index contributed by atoms with van der Waals surface area (Å²) < 4.78 is 40.3. The van der Waals surface area contributed by atoms with Crippen LogP contribution in [0.2, 0.25) is 10.0 Å². The van der Waals surface area contributed by atoms with E-state index in [1.807, 2.05) is 30.3 Å². The van der Waals surface area contributed by atoms with Crippen LogP contribution in [-0.4, -0.2) is 59.0 Å². The fourth-order valence-electron chi connectivity index (χ4n) is 4.80. The molecule has 4 rings (SSSR count). The van der Waals surface area contributed by atoms with E-state index in [0.717, 1.165) is 9.87 Å². The van der Waals surface area contributed by atoms with Crippen LogP contribution >= 0.6 is 23.2 Å². The minimum Gasteiger partial charge on any atom is -0.497 e. The average molecular weight is 671 g/mol. The predicted molar refractivity (Wildman–Crippen MR) is 176 cm³/mol. The van der Waals surface area contributed by atoms with Gasteiger partial charge in [0.15, 0.2) is 0 Å². The molecule has 45 heavy (non-hydrogen) atoms. The van der Waals surface area contributed by atoms with Crippen LogP contribution in [-0.2, 0) is 32.6 Å². The van der Waals surface area contributed by atoms with Crippen molar-refractivity contribution in [3.8, 4) is 11.5 Å². The number of anilines is 1. The van der Waals surface area contributed by atoms with Crippen LogP contribution in [0.3, 0.4) is 0 Å². The molecular weight excluding hydrogens is 637 g/mol. The van der Waals surface area contributed by atoms with Crippen LogP contribution in [0.25, 0.3) is 0 Å². The van der Waals surface area contributed by atoms with Gasteiger partial charge in [-0.25, -0.2) is 8.42 Å². The fourth-order valence-corrected chi connectivity index (χ4v) is 6.75. The third kappa shape index (κ3) is 7.89. The van der Waals surface area contributed by atoms with E-state index < -0.39 is 34.4 Å². The minimum absolute atomic E-state index is 0.0458. The summed E-state index contributed by atoms with van der Waals surface area (Å²) in [6, 6.07) is 25.4. The Morgan fingerprint density at radius 1 is 0.844 bits per heavy atom. The van der Waals surface area contributed by atoms with Crippen LogP contribution in [0.5, 0.6) is 11.5 Å². The highest BCUT2D eigenvalue weighted by molar-refractivity contribution is 7.92. The Morgan fingerprint density at radius 2 is 1.47 bits per heavy atom. The van der Waals surface area contributed by atoms with Gasteiger partial charge in [-0.2, -0.15) is 0 Å². The normalized spacial score (nSPS) is 11.8. The van der Waals surface area contributed by atoms with E-state index in [-0.39, 0.29) is 29.3 Å². The first-order chi connectivity index (χ1) is 21.6. The summed E-state index contributed by atoms with van der Waals surface area (Å²) in [6.07, 6.45) is 0.141. The lowest BCUT2D eigenvalue weighted by molar-refractivity contribution is -0.139. The van der Waals surface area contributed by atoms with E-state index in [1.165, 1.54) is 44.4 Å². The Kier molecular flexibility index (Phi) is 11.3. The minimum atomic E-state index is -4.34. The Bertz CT molecular complexity index is 1720. The summed E-state index contributed by atoms with van der Waals surface area (Å²) >= 11 is 13.0. The number of nitrogens with one attached hydrogen (secondary N) is 1. The third-order valence-electron chi connectivity index (χ3n) is 7.17. The second kappa shape index (κ2) is 15.2. The smallest absolute Gasteiger partial charge is 0.264 e. The molecule has 9 nitrogen and oxygen atoms in total. The molecule has 0 bridgehead atoms. The quantitative estimate of drug-likeness (QED) is 0.199. The molecule has 0 spiro atoms. The van der Waals surface area contributed by atoms with Crippen molar-refractivity contribution in [3.05, 3.63) is 118 Å². The number of hydrogen-bond acceptors (Lipinski definition) is 6. The average Bonchev–Trinajstić information content (AvgIpc) is 3.06. The summed E-state index contributed by atoms with van der Waals surface area (Å²) in [5, 5.41) is 3.22. The van der Waals surface area contributed by atoms with Gasteiger partial charge in [0.2, 0.25) is 11.8 Å². The highest BCUT2D eigenvalue weighted by Crippen LogP contribution is 2.36. The van der Waals surface area contributed by atoms with Crippen LogP contribution in [0, 0.1) is 0 Å². The molecule has 236 valence electrons. The molecule has 0 unspecified atom stereocenters. The van der Waals surface area contributed by atoms with Crippen molar-refractivity contribution in [2.24, 2.45) is 0 Å². The van der Waals surface area contributed by atoms with Crippen molar-refractivity contribution in [2.45, 2.75) is 23.9 Å². The number of methoxy groups -OCH3 is 2. The zero-order chi connectivity index (χ0) is 32.6. The maximum Gasteiger partial charge on any atom is 0.264 e. The van der Waals surface area contributed by atoms with Crippen LogP contribution < -0.4 is 19.1 Å². The Hall–Kier alpha value is -4.25. The molecule has 4 aromatic carbocycles. The zero-order valence-corrected chi connectivity index (χ0v) is 27.3. The van der Waals surface area contributed by atoms with Gasteiger partial charge in [-0.1, -0.05) is 77.8 Å². The lowest BCUT2D eigenvalue weighted by Crippen LogP contribution is -2.53. The van der Waals surface area contributed by atoms with E-state index in [0.29, 0.717) is 21.4 Å². The van der Waals surface area contributed by atoms with Crippen LogP contribution in [0.15, 0.2) is 102 Å². The van der Waals surface area contributed by atoms with Crippen molar-refractivity contribution in [3.63, 3.8) is 0 Å². The van der Waals surface area contributed by atoms with Crippen molar-refractivity contribution in [1.82, 2.24) is 10.2 Å². The molecule has 0 fully saturated rings. The second-order valence-electron chi connectivity index (χ2n) is 9.90. The number of halogens is 2. The number of carbonyl (C=O) groups is 2. The molecule has 0 radical (unpaired) electrons. The lowest BCUT2D eigenvalue weighted by atomic mass is 10.0. The number of ether oxygens (including phenoxy) is 2. The molecule has 0 heterocycles. The Morgan fingerprint density at radius 3 is 2.04 bits per heavy atom. The first-order valence-corrected chi connectivity index (χ1v) is 16.1. The van der Waals surface area contributed by atoms with E-state index in [1.54, 1.807) is 48.5 Å². The molecule has 0 aliphatic rings. The molecule has 0 aliphatic heterocycles. The summed E-state index contributed by atoms with van der Waals surface area (Å²) in [5.74, 6) is -0.596. The molecule has 4 aromatic rings. The molecular formula is C33H33Cl2N3O6S. The largest absolute Gasteiger partial charge is 0.497 e. The van der Waals surface area contributed by atoms with Gasteiger partial charge in [0.1, 0.15) is 24.1 Å². The van der Waals surface area contributed by atoms with Gasteiger partial charge in [-0.05, 0) is 42.0 Å². The first-order valence-electron chi connectivity index (χ1n) is 13.9. The number of likely N-dealkylation sites (N-methyl/N-ethyl adjacent to an activating group) is 1. The maximum atomic E-state index is 14.5. The molecule has 1 atom stereocenters. The Balaban J connectivity index is 1.88. The fraction of sp³-hybridized carbons (Fsp3) is 0.212. The van der Waals surface area contributed by atoms with E-state index in [2.05, 4.69) is 5.32 Å². The zero-order valence-electron chi connectivity index (χ0n) is 24.9. The standard InChI is InChI=1S/C33H33Cl2N3O6S/c1-36-33(40)30(19-23-11-6-4-7-12-23)37(21-26-27(34)15-10-16-28(26)35)32(39)22-38(45(41,42)25-13-8-5-9-14-25)29-20-24(43-2)17-18-31(29)44-3/h4-18,20,30H,19,21-22H2,1-3H3,(H,36,40)/t30-/m0/s1. The second-order valence-corrected chi connectivity index (χ2v) is 12.6. The van der Waals surface area contributed by atoms with Gasteiger partial charge in [0, 0.05) is 41.7 Å². The SMILES string of the molecule is CNC(=O)[C@H](Cc1ccccc1)N(Cc1c(Cl)cccc1Cl)C(=O)CN(c1cc(OC)ccc1OC)S(=O)(=O)c1ccccc1. The van der Waals surface area contributed by atoms with Gasteiger partial charge >= 0.3 is 0 Å². The van der Waals surface area contributed by atoms with E-state index >= 15 is 0 Å².